The summed E-state index contributed by atoms with van der Waals surface area (Å²) >= 11 is 3.65. The Labute approximate surface area is 195 Å². The van der Waals surface area contributed by atoms with Crippen LogP contribution in [0.2, 0.25) is 0 Å². The van der Waals surface area contributed by atoms with Crippen LogP contribution in [0.4, 0.5) is 26.3 Å². The summed E-state index contributed by atoms with van der Waals surface area (Å²) in [6, 6.07) is 0. The molecule has 2 heterocycles. The van der Waals surface area contributed by atoms with Crippen LogP contribution in [0.3, 0.4) is 0 Å². The van der Waals surface area contributed by atoms with Gasteiger partial charge in [-0.15, -0.1) is 0 Å². The van der Waals surface area contributed by atoms with E-state index in [-0.39, 0.29) is 17.7 Å². The SMILES string of the molecule is CCCCCC1O[C@@]2(C)CCC(Br)C(C)(C)O[C@@H]2CC[C@@]1(C)OC(C(F)(F)F)C(F)(F)F. The molecule has 2 fully saturated rings. The van der Waals surface area contributed by atoms with Crippen LogP contribution >= 0.6 is 15.9 Å². The summed E-state index contributed by atoms with van der Waals surface area (Å²) in [5, 5.41) is 0. The molecular weight excluding hydrogens is 506 g/mol. The van der Waals surface area contributed by atoms with Gasteiger partial charge >= 0.3 is 12.4 Å². The smallest absolute Gasteiger partial charge is 0.368 e. The van der Waals surface area contributed by atoms with Crippen molar-refractivity contribution in [1.82, 2.24) is 0 Å². The van der Waals surface area contributed by atoms with Crippen LogP contribution in [0.25, 0.3) is 0 Å². The molecule has 0 bridgehead atoms. The topological polar surface area (TPSA) is 27.7 Å². The number of halogens is 7. The maximum Gasteiger partial charge on any atom is 0.423 e. The summed E-state index contributed by atoms with van der Waals surface area (Å²) in [6.07, 6.45) is -12.3. The molecule has 0 radical (unpaired) electrons. The number of ether oxygens (including phenoxy) is 3. The highest BCUT2D eigenvalue weighted by atomic mass is 79.9. The van der Waals surface area contributed by atoms with Gasteiger partial charge in [0.15, 0.2) is 0 Å². The van der Waals surface area contributed by atoms with Crippen molar-refractivity contribution < 1.29 is 40.6 Å². The quantitative estimate of drug-likeness (QED) is 0.198. The highest BCUT2D eigenvalue weighted by Crippen LogP contribution is 2.48. The Morgan fingerprint density at radius 2 is 1.53 bits per heavy atom. The highest BCUT2D eigenvalue weighted by molar-refractivity contribution is 9.09. The lowest BCUT2D eigenvalue weighted by Crippen LogP contribution is -2.55. The van der Waals surface area contributed by atoms with E-state index in [2.05, 4.69) is 15.9 Å². The number of hydrogen-bond donors (Lipinski definition) is 0. The van der Waals surface area contributed by atoms with Gasteiger partial charge in [0.25, 0.3) is 0 Å². The summed E-state index contributed by atoms with van der Waals surface area (Å²) in [5.74, 6) is 0. The third kappa shape index (κ3) is 6.54. The summed E-state index contributed by atoms with van der Waals surface area (Å²) in [7, 11) is 0. The van der Waals surface area contributed by atoms with Crippen molar-refractivity contribution in [3.05, 3.63) is 0 Å². The van der Waals surface area contributed by atoms with E-state index in [1.807, 2.05) is 27.7 Å². The number of hydrogen-bond acceptors (Lipinski definition) is 3. The van der Waals surface area contributed by atoms with Crippen LogP contribution in [0, 0.1) is 0 Å². The number of unbranched alkanes of at least 4 members (excludes halogenated alkanes) is 2. The van der Waals surface area contributed by atoms with E-state index < -0.39 is 47.5 Å². The Morgan fingerprint density at radius 3 is 2.06 bits per heavy atom. The molecule has 0 aromatic carbocycles. The fourth-order valence-electron chi connectivity index (χ4n) is 4.68. The Balaban J connectivity index is 2.41. The Morgan fingerprint density at radius 1 is 0.938 bits per heavy atom. The lowest BCUT2D eigenvalue weighted by molar-refractivity contribution is -0.354. The molecule has 2 saturated heterocycles. The lowest BCUT2D eigenvalue weighted by Gasteiger charge is -2.42. The molecular formula is C22H35BrF6O3. The second-order valence-electron chi connectivity index (χ2n) is 10.1. The van der Waals surface area contributed by atoms with Gasteiger partial charge in [-0.1, -0.05) is 42.1 Å². The minimum Gasteiger partial charge on any atom is -0.368 e. The van der Waals surface area contributed by atoms with Gasteiger partial charge in [-0.25, -0.2) is 0 Å². The van der Waals surface area contributed by atoms with Crippen molar-refractivity contribution in [2.24, 2.45) is 0 Å². The second-order valence-corrected chi connectivity index (χ2v) is 11.2. The van der Waals surface area contributed by atoms with E-state index in [4.69, 9.17) is 14.2 Å². The van der Waals surface area contributed by atoms with Gasteiger partial charge in [0.2, 0.25) is 6.10 Å². The molecule has 0 aromatic rings. The molecule has 3 nitrogen and oxygen atoms in total. The van der Waals surface area contributed by atoms with E-state index in [0.29, 0.717) is 25.7 Å². The standard InChI is InChI=1S/C22H35BrF6O3/c1-6-7-8-9-15-20(5,32-17(21(24,25)26)22(27,28)29)13-11-16-19(4,31-15)12-10-14(23)18(2,3)30-16/h14-17H,6-13H2,1-5H3/t14?,15?,16-,19+,20-/m1/s1. The van der Waals surface area contributed by atoms with Crippen molar-refractivity contribution in [3.63, 3.8) is 0 Å². The Hall–Kier alpha value is -0.0600. The molecule has 0 aliphatic carbocycles. The normalized spacial score (nSPS) is 36.5. The molecule has 10 heteroatoms. The van der Waals surface area contributed by atoms with E-state index >= 15 is 0 Å². The zero-order valence-electron chi connectivity index (χ0n) is 19.3. The highest BCUT2D eigenvalue weighted by Gasteiger charge is 2.62. The maximum atomic E-state index is 13.3. The minimum absolute atomic E-state index is 0.0320. The van der Waals surface area contributed by atoms with Crippen LogP contribution in [0.15, 0.2) is 0 Å². The number of alkyl halides is 7. The fourth-order valence-corrected chi connectivity index (χ4v) is 5.02. The zero-order chi connectivity index (χ0) is 24.6. The van der Waals surface area contributed by atoms with Gasteiger partial charge in [-0.05, 0) is 59.8 Å². The van der Waals surface area contributed by atoms with Crippen molar-refractivity contribution in [2.45, 2.75) is 138 Å². The summed E-state index contributed by atoms with van der Waals surface area (Å²) in [4.78, 5) is 0.0448. The van der Waals surface area contributed by atoms with Crippen LogP contribution in [-0.4, -0.2) is 52.3 Å². The number of rotatable bonds is 6. The predicted octanol–water partition coefficient (Wildman–Crippen LogP) is 7.49. The van der Waals surface area contributed by atoms with E-state index in [1.54, 1.807) is 0 Å². The van der Waals surface area contributed by atoms with Crippen LogP contribution in [0.1, 0.15) is 86.0 Å². The first-order valence-corrected chi connectivity index (χ1v) is 12.2. The molecule has 5 atom stereocenters. The molecule has 190 valence electrons. The van der Waals surface area contributed by atoms with Crippen LogP contribution < -0.4 is 0 Å². The van der Waals surface area contributed by atoms with Gasteiger partial charge in [0, 0.05) is 4.83 Å². The Kier molecular flexibility index (Phi) is 8.71. The van der Waals surface area contributed by atoms with E-state index in [1.165, 1.54) is 6.92 Å². The van der Waals surface area contributed by atoms with Gasteiger partial charge in [0.1, 0.15) is 0 Å². The molecule has 0 aromatic heterocycles. The van der Waals surface area contributed by atoms with Crippen molar-refractivity contribution >= 4 is 15.9 Å². The molecule has 2 unspecified atom stereocenters. The van der Waals surface area contributed by atoms with Crippen molar-refractivity contribution in [2.75, 3.05) is 0 Å². The van der Waals surface area contributed by atoms with Gasteiger partial charge < -0.3 is 14.2 Å². The molecule has 0 spiro atoms. The molecule has 0 saturated carbocycles. The van der Waals surface area contributed by atoms with Gasteiger partial charge in [-0.2, -0.15) is 26.3 Å². The molecule has 0 amide bonds. The monoisotopic (exact) mass is 540 g/mol. The van der Waals surface area contributed by atoms with E-state index in [9.17, 15) is 26.3 Å². The van der Waals surface area contributed by atoms with Gasteiger partial charge in [-0.3, -0.25) is 0 Å². The lowest BCUT2D eigenvalue weighted by atomic mass is 9.87. The third-order valence-corrected chi connectivity index (χ3v) is 8.38. The third-order valence-electron chi connectivity index (χ3n) is 6.82. The first kappa shape index (κ1) is 28.2. The molecule has 0 N–H and O–H groups in total. The molecule has 2 aliphatic rings. The van der Waals surface area contributed by atoms with Crippen LogP contribution in [0.5, 0.6) is 0 Å². The average molecular weight is 541 g/mol. The summed E-state index contributed by atoms with van der Waals surface area (Å²) in [6.45, 7) is 8.98. The average Bonchev–Trinajstić information content (AvgIpc) is 2.78. The van der Waals surface area contributed by atoms with Crippen molar-refractivity contribution in [3.8, 4) is 0 Å². The molecule has 2 rings (SSSR count). The summed E-state index contributed by atoms with van der Waals surface area (Å²) in [5.41, 5.74) is -3.17. The van der Waals surface area contributed by atoms with E-state index in [0.717, 1.165) is 12.8 Å². The maximum absolute atomic E-state index is 13.3. The summed E-state index contributed by atoms with van der Waals surface area (Å²) < 4.78 is 97.7. The molecule has 32 heavy (non-hydrogen) atoms. The minimum atomic E-state index is -5.57. The zero-order valence-corrected chi connectivity index (χ0v) is 20.9. The first-order chi connectivity index (χ1) is 14.4. The molecule has 2 aliphatic heterocycles. The van der Waals surface area contributed by atoms with Crippen molar-refractivity contribution in [1.29, 1.82) is 0 Å². The fraction of sp³-hybridized carbons (Fsp3) is 1.00. The predicted molar refractivity (Wildman–Crippen MR) is 113 cm³/mol. The second kappa shape index (κ2) is 9.90. The van der Waals surface area contributed by atoms with Gasteiger partial charge in [0.05, 0.1) is 29.0 Å². The first-order valence-electron chi connectivity index (χ1n) is 11.3. The van der Waals surface area contributed by atoms with Crippen LogP contribution in [-0.2, 0) is 14.2 Å². The Bertz CT molecular complexity index is 612. The number of fused-ring (bicyclic) bond motifs is 1. The largest absolute Gasteiger partial charge is 0.423 e.